The van der Waals surface area contributed by atoms with Crippen molar-refractivity contribution in [2.24, 2.45) is 17.6 Å². The number of aliphatic hydroxyl groups excluding tert-OH is 2. The summed E-state index contributed by atoms with van der Waals surface area (Å²) in [5, 5.41) is 44.4. The number of benzene rings is 1. The number of Topliss-reactive ketones (excluding diaryl/α,β-unsaturated/α-hetero) is 2. The Balaban J connectivity index is 1.75. The van der Waals surface area contributed by atoms with Gasteiger partial charge in [-0.3, -0.25) is 19.3 Å². The number of halogens is 1. The summed E-state index contributed by atoms with van der Waals surface area (Å²) < 4.78 is 0.558. The number of phenols is 1. The minimum atomic E-state index is -2.65. The van der Waals surface area contributed by atoms with E-state index in [9.17, 15) is 34.8 Å². The van der Waals surface area contributed by atoms with Crippen LogP contribution in [0.3, 0.4) is 0 Å². The van der Waals surface area contributed by atoms with Crippen molar-refractivity contribution in [3.63, 3.8) is 0 Å². The maximum absolute atomic E-state index is 13.8. The molecule has 9 nitrogen and oxygen atoms in total. The third-order valence-electron chi connectivity index (χ3n) is 7.44. The third-order valence-corrected chi connectivity index (χ3v) is 8.71. The number of carbonyl (C=O) groups excluding carboxylic acids is 3. The number of hydrogen-bond acceptors (Lipinski definition) is 9. The van der Waals surface area contributed by atoms with E-state index in [1.807, 2.05) is 6.07 Å². The van der Waals surface area contributed by atoms with Crippen LogP contribution >= 0.6 is 22.9 Å². The fourth-order valence-electron chi connectivity index (χ4n) is 5.93. The lowest BCUT2D eigenvalue weighted by molar-refractivity contribution is -0.153. The first-order valence-electron chi connectivity index (χ1n) is 11.1. The summed E-state index contributed by atoms with van der Waals surface area (Å²) >= 11 is 7.44. The Hall–Kier alpha value is -3.18. The van der Waals surface area contributed by atoms with Gasteiger partial charge in [0.05, 0.1) is 15.9 Å². The van der Waals surface area contributed by atoms with Gasteiger partial charge in [0, 0.05) is 16.4 Å². The van der Waals surface area contributed by atoms with E-state index in [0.29, 0.717) is 9.90 Å². The van der Waals surface area contributed by atoms with E-state index >= 15 is 0 Å². The first kappa shape index (κ1) is 24.5. The lowest BCUT2D eigenvalue weighted by atomic mass is 9.57. The Morgan fingerprint density at radius 3 is 2.44 bits per heavy atom. The normalized spacial score (nSPS) is 27.8. The summed E-state index contributed by atoms with van der Waals surface area (Å²) in [7, 11) is 3.12. The van der Waals surface area contributed by atoms with Crippen molar-refractivity contribution in [1.82, 2.24) is 4.90 Å². The molecular weight excluding hydrogens is 508 g/mol. The summed E-state index contributed by atoms with van der Waals surface area (Å²) in [6.07, 6.45) is 0.250. The van der Waals surface area contributed by atoms with Crippen molar-refractivity contribution in [3.05, 3.63) is 56.6 Å². The molecule has 1 amide bonds. The Bertz CT molecular complexity index is 1430. The van der Waals surface area contributed by atoms with Crippen LogP contribution in [0.15, 0.2) is 41.2 Å². The predicted molar refractivity (Wildman–Crippen MR) is 133 cm³/mol. The first-order valence-corrected chi connectivity index (χ1v) is 12.3. The van der Waals surface area contributed by atoms with Crippen LogP contribution in [0.4, 0.5) is 0 Å². The van der Waals surface area contributed by atoms with Crippen molar-refractivity contribution in [3.8, 4) is 16.2 Å². The number of aliphatic hydroxyl groups is 3. The minimum Gasteiger partial charge on any atom is -0.508 e. The van der Waals surface area contributed by atoms with Crippen LogP contribution in [0.25, 0.3) is 16.2 Å². The summed E-state index contributed by atoms with van der Waals surface area (Å²) in [5.41, 5.74) is 3.03. The van der Waals surface area contributed by atoms with Gasteiger partial charge in [-0.1, -0.05) is 11.6 Å². The molecule has 1 aromatic carbocycles. The standard InChI is InChI=1S/C25H23ClN2O7S/c1-28(2)19-12-8-9-7-11-10(14-5-6-15(26)36-14)3-4-13(29)17(11)20(30)16(9)22(32)25(12,35)23(33)18(21(19)31)24(27)34/h3-6,9,12,19,29-30,33,35H,7-8H2,1-2H3,(H2,27,34)/t9-,12-,19-,25-/m0/s1. The Kier molecular flexibility index (Phi) is 5.56. The Labute approximate surface area is 214 Å². The van der Waals surface area contributed by atoms with Crippen LogP contribution in [0, 0.1) is 11.8 Å². The molecule has 0 saturated heterocycles. The number of amides is 1. The number of thiophene rings is 1. The zero-order chi connectivity index (χ0) is 26.3. The molecule has 4 atom stereocenters. The van der Waals surface area contributed by atoms with E-state index in [2.05, 4.69) is 0 Å². The number of likely N-dealkylation sites (N-methyl/N-ethyl adjacent to an activating group) is 1. The van der Waals surface area contributed by atoms with Gasteiger partial charge in [0.25, 0.3) is 5.91 Å². The average molecular weight is 531 g/mol. The zero-order valence-electron chi connectivity index (χ0n) is 19.3. The molecule has 5 rings (SSSR count). The van der Waals surface area contributed by atoms with E-state index in [4.69, 9.17) is 17.3 Å². The van der Waals surface area contributed by atoms with Gasteiger partial charge in [0.15, 0.2) is 11.4 Å². The second-order valence-electron chi connectivity index (χ2n) is 9.55. The number of aromatic hydroxyl groups is 1. The topological polar surface area (TPSA) is 161 Å². The highest BCUT2D eigenvalue weighted by Gasteiger charge is 2.64. The van der Waals surface area contributed by atoms with Gasteiger partial charge in [-0.15, -0.1) is 11.3 Å². The highest BCUT2D eigenvalue weighted by Crippen LogP contribution is 2.54. The number of primary amides is 1. The molecule has 6 N–H and O–H groups in total. The molecular formula is C25H23ClN2O7S. The smallest absolute Gasteiger partial charge is 0.255 e. The van der Waals surface area contributed by atoms with E-state index in [-0.39, 0.29) is 29.7 Å². The van der Waals surface area contributed by atoms with Gasteiger partial charge >= 0.3 is 0 Å². The number of nitrogens with two attached hydrogens (primary N) is 1. The maximum atomic E-state index is 13.8. The molecule has 0 unspecified atom stereocenters. The van der Waals surface area contributed by atoms with E-state index in [1.165, 1.54) is 22.3 Å². The molecule has 188 valence electrons. The van der Waals surface area contributed by atoms with Crippen molar-refractivity contribution in [2.75, 3.05) is 14.1 Å². The molecule has 3 aliphatic rings. The van der Waals surface area contributed by atoms with Gasteiger partial charge < -0.3 is 26.2 Å². The zero-order valence-corrected chi connectivity index (χ0v) is 20.9. The van der Waals surface area contributed by atoms with Crippen LogP contribution in [-0.2, 0) is 20.8 Å². The lowest BCUT2D eigenvalue weighted by Crippen LogP contribution is -2.65. The highest BCUT2D eigenvalue weighted by atomic mass is 35.5. The van der Waals surface area contributed by atoms with E-state index in [1.54, 1.807) is 26.2 Å². The third kappa shape index (κ3) is 3.18. The fourth-order valence-corrected chi connectivity index (χ4v) is 7.03. The van der Waals surface area contributed by atoms with Gasteiger partial charge in [0.2, 0.25) is 5.78 Å². The fraction of sp³-hybridized carbons (Fsp3) is 0.320. The van der Waals surface area contributed by atoms with Crippen LogP contribution in [0.2, 0.25) is 4.34 Å². The van der Waals surface area contributed by atoms with Crippen molar-refractivity contribution < 1.29 is 34.8 Å². The summed E-state index contributed by atoms with van der Waals surface area (Å²) in [4.78, 5) is 41.3. The molecule has 3 aliphatic carbocycles. The van der Waals surface area contributed by atoms with Gasteiger partial charge in [-0.25, -0.2) is 0 Å². The quantitative estimate of drug-likeness (QED) is 0.378. The molecule has 1 saturated carbocycles. The number of carbonyl (C=O) groups is 3. The number of fused-ring (bicyclic) bond motifs is 3. The lowest BCUT2D eigenvalue weighted by Gasteiger charge is -2.50. The van der Waals surface area contributed by atoms with Crippen LogP contribution < -0.4 is 5.73 Å². The molecule has 1 heterocycles. The van der Waals surface area contributed by atoms with Gasteiger partial charge in [0.1, 0.15) is 22.8 Å². The van der Waals surface area contributed by atoms with Crippen molar-refractivity contribution in [2.45, 2.75) is 24.5 Å². The monoisotopic (exact) mass is 530 g/mol. The van der Waals surface area contributed by atoms with E-state index < -0.39 is 58.0 Å². The van der Waals surface area contributed by atoms with Crippen molar-refractivity contribution >= 4 is 46.2 Å². The van der Waals surface area contributed by atoms with Gasteiger partial charge in [-0.05, 0) is 68.2 Å². The molecule has 2 aromatic rings. The average Bonchev–Trinajstić information content (AvgIpc) is 3.22. The minimum absolute atomic E-state index is 0.0338. The number of hydrogen-bond donors (Lipinski definition) is 5. The number of ketones is 2. The van der Waals surface area contributed by atoms with Crippen LogP contribution in [0.1, 0.15) is 17.5 Å². The second kappa shape index (κ2) is 8.17. The van der Waals surface area contributed by atoms with Crippen LogP contribution in [-0.4, -0.2) is 68.5 Å². The molecule has 0 bridgehead atoms. The highest BCUT2D eigenvalue weighted by molar-refractivity contribution is 7.19. The van der Waals surface area contributed by atoms with E-state index in [0.717, 1.165) is 10.4 Å². The summed E-state index contributed by atoms with van der Waals surface area (Å²) in [6.45, 7) is 0. The predicted octanol–water partition coefficient (Wildman–Crippen LogP) is 2.35. The Morgan fingerprint density at radius 1 is 1.17 bits per heavy atom. The molecule has 0 aliphatic heterocycles. The molecule has 1 aromatic heterocycles. The second-order valence-corrected chi connectivity index (χ2v) is 11.3. The molecule has 1 fully saturated rings. The van der Waals surface area contributed by atoms with Crippen LogP contribution in [0.5, 0.6) is 5.75 Å². The summed E-state index contributed by atoms with van der Waals surface area (Å²) in [6, 6.07) is 5.53. The number of rotatable bonds is 3. The first-order chi connectivity index (χ1) is 16.9. The molecule has 0 spiro atoms. The molecule has 36 heavy (non-hydrogen) atoms. The van der Waals surface area contributed by atoms with Crippen molar-refractivity contribution in [1.29, 1.82) is 0 Å². The Morgan fingerprint density at radius 2 is 1.86 bits per heavy atom. The maximum Gasteiger partial charge on any atom is 0.255 e. The number of nitrogens with zero attached hydrogens (tertiary/aromatic N) is 1. The molecule has 11 heteroatoms. The SMILES string of the molecule is CN(C)[C@@H]1C(=O)C(C(N)=O)=C(O)[C@@]2(O)C(=O)C3=C(O)c4c(O)ccc(-c5ccc(Cl)s5)c4C[C@H]3C[C@@H]12. The number of phenolic OH excluding ortho intramolecular Hbond substituents is 1. The van der Waals surface area contributed by atoms with Gasteiger partial charge in [-0.2, -0.15) is 0 Å². The molecule has 0 radical (unpaired) electrons. The summed E-state index contributed by atoms with van der Waals surface area (Å²) in [5.74, 6) is -6.73. The largest absolute Gasteiger partial charge is 0.508 e.